The number of rotatable bonds is 5. The Bertz CT molecular complexity index is 453. The predicted molar refractivity (Wildman–Crippen MR) is 74.1 cm³/mol. The third-order valence-electron chi connectivity index (χ3n) is 3.12. The maximum absolute atomic E-state index is 9.44. The third kappa shape index (κ3) is 3.69. The standard InChI is InChI=1S/C16H19NO/c17-16(18)12-15(14-9-5-2-6-10-14)11-13-7-3-1-4-8-13/h1-10,15-16,18H,11-12,17H2. The molecule has 2 nitrogen and oxygen atoms in total. The zero-order chi connectivity index (χ0) is 12.8. The topological polar surface area (TPSA) is 46.2 Å². The Labute approximate surface area is 108 Å². The van der Waals surface area contributed by atoms with Gasteiger partial charge in [-0.1, -0.05) is 60.7 Å². The van der Waals surface area contributed by atoms with E-state index in [-0.39, 0.29) is 5.92 Å². The number of aliphatic hydroxyl groups is 1. The largest absolute Gasteiger partial charge is 0.379 e. The van der Waals surface area contributed by atoms with Crippen LogP contribution in [0, 0.1) is 0 Å². The van der Waals surface area contributed by atoms with Gasteiger partial charge in [0, 0.05) is 0 Å². The molecule has 0 aliphatic carbocycles. The molecule has 0 amide bonds. The Morgan fingerprint density at radius 3 is 2.00 bits per heavy atom. The molecule has 0 saturated heterocycles. The van der Waals surface area contributed by atoms with Crippen LogP contribution >= 0.6 is 0 Å². The molecule has 0 heterocycles. The van der Waals surface area contributed by atoms with Gasteiger partial charge in [0.05, 0.1) is 0 Å². The Hall–Kier alpha value is -1.64. The maximum atomic E-state index is 9.44. The van der Waals surface area contributed by atoms with Crippen molar-refractivity contribution in [2.75, 3.05) is 0 Å². The molecule has 0 spiro atoms. The van der Waals surface area contributed by atoms with Gasteiger partial charge in [0.25, 0.3) is 0 Å². The molecule has 2 unspecified atom stereocenters. The molecule has 0 aliphatic rings. The van der Waals surface area contributed by atoms with Crippen LogP contribution in [-0.4, -0.2) is 11.3 Å². The first-order valence-electron chi connectivity index (χ1n) is 6.28. The summed E-state index contributed by atoms with van der Waals surface area (Å²) in [4.78, 5) is 0. The van der Waals surface area contributed by atoms with Gasteiger partial charge in [-0.2, -0.15) is 0 Å². The Balaban J connectivity index is 2.16. The average Bonchev–Trinajstić information content (AvgIpc) is 2.40. The normalized spacial score (nSPS) is 14.1. The van der Waals surface area contributed by atoms with Crippen molar-refractivity contribution in [1.82, 2.24) is 0 Å². The minimum Gasteiger partial charge on any atom is -0.379 e. The number of benzene rings is 2. The fraction of sp³-hybridized carbons (Fsp3) is 0.250. The van der Waals surface area contributed by atoms with Crippen LogP contribution < -0.4 is 5.73 Å². The lowest BCUT2D eigenvalue weighted by molar-refractivity contribution is 0.162. The number of hydrogen-bond acceptors (Lipinski definition) is 2. The number of aliphatic hydroxyl groups excluding tert-OH is 1. The van der Waals surface area contributed by atoms with E-state index in [9.17, 15) is 5.11 Å². The summed E-state index contributed by atoms with van der Waals surface area (Å²) in [5.74, 6) is 0.258. The highest BCUT2D eigenvalue weighted by Gasteiger charge is 2.14. The molecule has 2 atom stereocenters. The first-order valence-corrected chi connectivity index (χ1v) is 6.28. The molecule has 2 aromatic rings. The van der Waals surface area contributed by atoms with E-state index in [1.165, 1.54) is 11.1 Å². The molecular formula is C16H19NO. The van der Waals surface area contributed by atoms with Gasteiger partial charge in [-0.3, -0.25) is 0 Å². The van der Waals surface area contributed by atoms with Crippen molar-refractivity contribution in [3.05, 3.63) is 71.8 Å². The molecule has 94 valence electrons. The molecule has 0 saturated carbocycles. The van der Waals surface area contributed by atoms with Crippen LogP contribution in [0.3, 0.4) is 0 Å². The van der Waals surface area contributed by atoms with Crippen LogP contribution in [0.5, 0.6) is 0 Å². The van der Waals surface area contributed by atoms with Gasteiger partial charge in [0.1, 0.15) is 6.23 Å². The first kappa shape index (κ1) is 12.8. The van der Waals surface area contributed by atoms with E-state index in [1.807, 2.05) is 36.4 Å². The highest BCUT2D eigenvalue weighted by Crippen LogP contribution is 2.24. The number of nitrogens with two attached hydrogens (primary N) is 1. The van der Waals surface area contributed by atoms with Crippen molar-refractivity contribution in [1.29, 1.82) is 0 Å². The van der Waals surface area contributed by atoms with E-state index in [4.69, 9.17) is 5.73 Å². The van der Waals surface area contributed by atoms with Crippen LogP contribution in [0.1, 0.15) is 23.5 Å². The summed E-state index contributed by atoms with van der Waals surface area (Å²) in [5, 5.41) is 9.44. The first-order chi connectivity index (χ1) is 8.75. The molecule has 0 fully saturated rings. The smallest absolute Gasteiger partial charge is 0.103 e. The van der Waals surface area contributed by atoms with Crippen molar-refractivity contribution in [2.24, 2.45) is 5.73 Å². The highest BCUT2D eigenvalue weighted by molar-refractivity contribution is 5.24. The minimum atomic E-state index is -0.765. The molecule has 2 rings (SSSR count). The lowest BCUT2D eigenvalue weighted by atomic mass is 9.89. The maximum Gasteiger partial charge on any atom is 0.103 e. The van der Waals surface area contributed by atoms with E-state index in [1.54, 1.807) is 0 Å². The molecule has 18 heavy (non-hydrogen) atoms. The van der Waals surface area contributed by atoms with Gasteiger partial charge in [-0.25, -0.2) is 0 Å². The van der Waals surface area contributed by atoms with Crippen molar-refractivity contribution in [3.8, 4) is 0 Å². The van der Waals surface area contributed by atoms with Gasteiger partial charge in [0.2, 0.25) is 0 Å². The van der Waals surface area contributed by atoms with Gasteiger partial charge >= 0.3 is 0 Å². The summed E-state index contributed by atoms with van der Waals surface area (Å²) in [6, 6.07) is 20.5. The second-order valence-corrected chi connectivity index (χ2v) is 4.60. The van der Waals surface area contributed by atoms with Crippen LogP contribution in [0.15, 0.2) is 60.7 Å². The summed E-state index contributed by atoms with van der Waals surface area (Å²) >= 11 is 0. The predicted octanol–water partition coefficient (Wildman–Crippen LogP) is 2.68. The van der Waals surface area contributed by atoms with E-state index in [0.29, 0.717) is 6.42 Å². The van der Waals surface area contributed by atoms with Crippen LogP contribution in [-0.2, 0) is 6.42 Å². The second kappa shape index (κ2) is 6.34. The quantitative estimate of drug-likeness (QED) is 0.791. The molecule has 0 aromatic heterocycles. The minimum absolute atomic E-state index is 0.258. The molecule has 0 aliphatic heterocycles. The highest BCUT2D eigenvalue weighted by atomic mass is 16.3. The number of hydrogen-bond donors (Lipinski definition) is 2. The summed E-state index contributed by atoms with van der Waals surface area (Å²) in [7, 11) is 0. The third-order valence-corrected chi connectivity index (χ3v) is 3.12. The van der Waals surface area contributed by atoms with Gasteiger partial charge in [0.15, 0.2) is 0 Å². The van der Waals surface area contributed by atoms with Gasteiger partial charge in [-0.15, -0.1) is 0 Å². The lowest BCUT2D eigenvalue weighted by Crippen LogP contribution is -2.22. The van der Waals surface area contributed by atoms with Crippen LogP contribution in [0.4, 0.5) is 0 Å². The molecule has 2 heteroatoms. The summed E-state index contributed by atoms with van der Waals surface area (Å²) in [6.45, 7) is 0. The summed E-state index contributed by atoms with van der Waals surface area (Å²) in [5.41, 5.74) is 8.04. The monoisotopic (exact) mass is 241 g/mol. The molecular weight excluding hydrogens is 222 g/mol. The van der Waals surface area contributed by atoms with E-state index in [0.717, 1.165) is 6.42 Å². The molecule has 3 N–H and O–H groups in total. The van der Waals surface area contributed by atoms with E-state index >= 15 is 0 Å². The van der Waals surface area contributed by atoms with E-state index < -0.39 is 6.23 Å². The van der Waals surface area contributed by atoms with Crippen molar-refractivity contribution in [2.45, 2.75) is 25.0 Å². The van der Waals surface area contributed by atoms with E-state index in [2.05, 4.69) is 24.3 Å². The average molecular weight is 241 g/mol. The zero-order valence-electron chi connectivity index (χ0n) is 10.4. The summed E-state index contributed by atoms with van der Waals surface area (Å²) < 4.78 is 0. The fourth-order valence-corrected chi connectivity index (χ4v) is 2.25. The summed E-state index contributed by atoms with van der Waals surface area (Å²) in [6.07, 6.45) is 0.719. The second-order valence-electron chi connectivity index (χ2n) is 4.60. The molecule has 2 aromatic carbocycles. The fourth-order valence-electron chi connectivity index (χ4n) is 2.25. The van der Waals surface area contributed by atoms with Crippen LogP contribution in [0.2, 0.25) is 0 Å². The Morgan fingerprint density at radius 1 is 0.889 bits per heavy atom. The Kier molecular flexibility index (Phi) is 4.51. The Morgan fingerprint density at radius 2 is 1.44 bits per heavy atom. The van der Waals surface area contributed by atoms with Crippen molar-refractivity contribution in [3.63, 3.8) is 0 Å². The SMILES string of the molecule is NC(O)CC(Cc1ccccc1)c1ccccc1. The van der Waals surface area contributed by atoms with Crippen LogP contribution in [0.25, 0.3) is 0 Å². The lowest BCUT2D eigenvalue weighted by Gasteiger charge is -2.19. The van der Waals surface area contributed by atoms with Crippen molar-refractivity contribution >= 4 is 0 Å². The molecule has 0 bridgehead atoms. The van der Waals surface area contributed by atoms with Crippen molar-refractivity contribution < 1.29 is 5.11 Å². The molecule has 0 radical (unpaired) electrons. The van der Waals surface area contributed by atoms with Gasteiger partial charge < -0.3 is 10.8 Å². The zero-order valence-corrected chi connectivity index (χ0v) is 10.4. The van der Waals surface area contributed by atoms with Gasteiger partial charge in [-0.05, 0) is 29.9 Å².